The molecule has 1 heterocycles. The number of carbonyl (C=O) groups excluding carboxylic acids is 3. The van der Waals surface area contributed by atoms with Crippen LogP contribution in [-0.4, -0.2) is 32.4 Å². The Bertz CT molecular complexity index is 339. The quantitative estimate of drug-likeness (QED) is 0.442. The van der Waals surface area contributed by atoms with Crippen LogP contribution in [0.2, 0.25) is 0 Å². The van der Waals surface area contributed by atoms with Gasteiger partial charge in [0.2, 0.25) is 9.36 Å². The molecule has 2 amide bonds. The first-order chi connectivity index (χ1) is 7.71. The second kappa shape index (κ2) is 5.48. The number of alkyl halides is 4. The normalized spacial score (nSPS) is 18.2. The highest BCUT2D eigenvalue weighted by molar-refractivity contribution is 6.70. The zero-order chi connectivity index (χ0) is 13.2. The molecule has 1 aliphatic rings. The summed E-state index contributed by atoms with van der Waals surface area (Å²) in [6.07, 6.45) is -1.50. The highest BCUT2D eigenvalue weighted by Crippen LogP contribution is 2.34. The van der Waals surface area contributed by atoms with Gasteiger partial charge in [-0.1, -0.05) is 51.5 Å². The Kier molecular flexibility index (Phi) is 4.71. The Labute approximate surface area is 116 Å². The number of imide groups is 1. The summed E-state index contributed by atoms with van der Waals surface area (Å²) in [5.74, 6) is -1.32. The largest absolute Gasteiger partial charge is 0.535 e. The maximum atomic E-state index is 11.1. The molecule has 0 aromatic heterocycles. The number of amides is 2. The molecule has 1 saturated heterocycles. The number of hydrogen-bond donors (Lipinski definition) is 0. The molecular formula is C7H5Cl4NO5. The van der Waals surface area contributed by atoms with E-state index in [1.807, 2.05) is 0 Å². The number of hydroxylamine groups is 2. The Morgan fingerprint density at radius 1 is 1.24 bits per heavy atom. The van der Waals surface area contributed by atoms with Crippen LogP contribution in [0.5, 0.6) is 0 Å². The van der Waals surface area contributed by atoms with Crippen molar-refractivity contribution in [3.8, 4) is 0 Å². The minimum absolute atomic E-state index is 0.0408. The van der Waals surface area contributed by atoms with Gasteiger partial charge in [0.1, 0.15) is 0 Å². The van der Waals surface area contributed by atoms with E-state index in [1.54, 1.807) is 0 Å². The van der Waals surface area contributed by atoms with Gasteiger partial charge in [-0.3, -0.25) is 14.4 Å². The molecule has 0 N–H and O–H groups in total. The van der Waals surface area contributed by atoms with Gasteiger partial charge in [-0.2, -0.15) is 0 Å². The van der Waals surface area contributed by atoms with Gasteiger partial charge in [-0.25, -0.2) is 4.79 Å². The first-order valence-corrected chi connectivity index (χ1v) is 5.74. The SMILES string of the molecule is O=C(OC(Cl)C(Cl)(Cl)Cl)ON1C(=O)CCC1=O. The summed E-state index contributed by atoms with van der Waals surface area (Å²) in [5, 5.41) is 0.282. The van der Waals surface area contributed by atoms with Crippen LogP contribution in [0, 0.1) is 0 Å². The molecule has 10 heteroatoms. The van der Waals surface area contributed by atoms with Gasteiger partial charge in [-0.15, -0.1) is 0 Å². The van der Waals surface area contributed by atoms with Gasteiger partial charge in [-0.05, 0) is 0 Å². The van der Waals surface area contributed by atoms with Crippen molar-refractivity contribution < 1.29 is 24.0 Å². The molecule has 1 aliphatic heterocycles. The molecule has 1 atom stereocenters. The van der Waals surface area contributed by atoms with Gasteiger partial charge >= 0.3 is 6.16 Å². The topological polar surface area (TPSA) is 72.9 Å². The van der Waals surface area contributed by atoms with E-state index < -0.39 is 27.3 Å². The fourth-order valence-electron chi connectivity index (χ4n) is 0.905. The number of carbonyl (C=O) groups is 3. The van der Waals surface area contributed by atoms with Gasteiger partial charge in [0.15, 0.2) is 0 Å². The summed E-state index contributed by atoms with van der Waals surface area (Å²) in [7, 11) is 0. The predicted molar refractivity (Wildman–Crippen MR) is 58.6 cm³/mol. The molecule has 0 aliphatic carbocycles. The molecule has 1 fully saturated rings. The van der Waals surface area contributed by atoms with Crippen LogP contribution < -0.4 is 0 Å². The smallest absolute Gasteiger partial charge is 0.408 e. The summed E-state index contributed by atoms with van der Waals surface area (Å²) in [6, 6.07) is 0. The zero-order valence-electron chi connectivity index (χ0n) is 7.99. The van der Waals surface area contributed by atoms with Crippen LogP contribution in [0.3, 0.4) is 0 Å². The van der Waals surface area contributed by atoms with Crippen LogP contribution in [0.1, 0.15) is 12.8 Å². The highest BCUT2D eigenvalue weighted by Gasteiger charge is 2.38. The van der Waals surface area contributed by atoms with Crippen molar-refractivity contribution in [2.24, 2.45) is 0 Å². The van der Waals surface area contributed by atoms with Gasteiger partial charge < -0.3 is 4.74 Å². The van der Waals surface area contributed by atoms with Gasteiger partial charge in [0.25, 0.3) is 11.8 Å². The molecule has 0 aromatic rings. The number of nitrogens with zero attached hydrogens (tertiary/aromatic N) is 1. The molecule has 1 rings (SSSR count). The second-order valence-corrected chi connectivity index (χ2v) is 5.66. The van der Waals surface area contributed by atoms with E-state index in [1.165, 1.54) is 0 Å². The van der Waals surface area contributed by atoms with Crippen molar-refractivity contribution in [1.82, 2.24) is 5.06 Å². The first kappa shape index (κ1) is 14.6. The van der Waals surface area contributed by atoms with E-state index in [4.69, 9.17) is 46.4 Å². The lowest BCUT2D eigenvalue weighted by Crippen LogP contribution is -2.35. The van der Waals surface area contributed by atoms with Crippen LogP contribution in [0.15, 0.2) is 0 Å². The molecule has 0 saturated carbocycles. The maximum Gasteiger partial charge on any atom is 0.535 e. The van der Waals surface area contributed by atoms with Crippen LogP contribution in [-0.2, 0) is 19.2 Å². The minimum Gasteiger partial charge on any atom is -0.408 e. The molecule has 0 radical (unpaired) electrons. The Balaban J connectivity index is 2.50. The second-order valence-electron chi connectivity index (χ2n) is 2.90. The molecule has 0 aromatic carbocycles. The fraction of sp³-hybridized carbons (Fsp3) is 0.571. The lowest BCUT2D eigenvalue weighted by Gasteiger charge is -2.19. The molecule has 17 heavy (non-hydrogen) atoms. The minimum atomic E-state index is -2.06. The summed E-state index contributed by atoms with van der Waals surface area (Å²) in [5.41, 5.74) is -1.62. The fourth-order valence-corrected chi connectivity index (χ4v) is 1.11. The van der Waals surface area contributed by atoms with Crippen molar-refractivity contribution in [2.45, 2.75) is 22.2 Å². The van der Waals surface area contributed by atoms with E-state index in [0.717, 1.165) is 0 Å². The lowest BCUT2D eigenvalue weighted by molar-refractivity contribution is -0.177. The molecule has 0 bridgehead atoms. The van der Waals surface area contributed by atoms with E-state index in [9.17, 15) is 14.4 Å². The third-order valence-electron chi connectivity index (χ3n) is 1.63. The van der Waals surface area contributed by atoms with E-state index in [0.29, 0.717) is 0 Å². The highest BCUT2D eigenvalue weighted by atomic mass is 35.6. The monoisotopic (exact) mass is 323 g/mol. The molecule has 6 nitrogen and oxygen atoms in total. The van der Waals surface area contributed by atoms with Crippen LogP contribution >= 0.6 is 46.4 Å². The van der Waals surface area contributed by atoms with Crippen molar-refractivity contribution in [1.29, 1.82) is 0 Å². The molecular weight excluding hydrogens is 320 g/mol. The van der Waals surface area contributed by atoms with Crippen molar-refractivity contribution in [3.05, 3.63) is 0 Å². The van der Waals surface area contributed by atoms with Gasteiger partial charge in [0, 0.05) is 12.8 Å². The van der Waals surface area contributed by atoms with Gasteiger partial charge in [0.05, 0.1) is 0 Å². The summed E-state index contributed by atoms with van der Waals surface area (Å²) in [4.78, 5) is 37.5. The van der Waals surface area contributed by atoms with E-state index in [-0.39, 0.29) is 17.9 Å². The summed E-state index contributed by atoms with van der Waals surface area (Å²) < 4.78 is 2.28. The molecule has 1 unspecified atom stereocenters. The lowest BCUT2D eigenvalue weighted by atomic mass is 10.4. The average molecular weight is 325 g/mol. The Hall–Kier alpha value is -0.430. The van der Waals surface area contributed by atoms with E-state index >= 15 is 0 Å². The molecule has 96 valence electrons. The van der Waals surface area contributed by atoms with Crippen molar-refractivity contribution in [3.63, 3.8) is 0 Å². The third-order valence-corrected chi connectivity index (χ3v) is 2.97. The van der Waals surface area contributed by atoms with Crippen molar-refractivity contribution >= 4 is 64.4 Å². The third kappa shape index (κ3) is 4.06. The Morgan fingerprint density at radius 3 is 2.12 bits per heavy atom. The van der Waals surface area contributed by atoms with Crippen LogP contribution in [0.4, 0.5) is 4.79 Å². The Morgan fingerprint density at radius 2 is 1.71 bits per heavy atom. The number of rotatable bonds is 2. The molecule has 0 spiro atoms. The standard InChI is InChI=1S/C7H5Cl4NO5/c8-5(7(9,10)11)16-6(15)17-12-3(13)1-2-4(12)14/h5H,1-2H2. The zero-order valence-corrected chi connectivity index (χ0v) is 11.0. The predicted octanol–water partition coefficient (Wildman–Crippen LogP) is 2.14. The van der Waals surface area contributed by atoms with Crippen molar-refractivity contribution in [2.75, 3.05) is 0 Å². The summed E-state index contributed by atoms with van der Waals surface area (Å²) >= 11 is 21.4. The maximum absolute atomic E-state index is 11.1. The number of halogens is 4. The van der Waals surface area contributed by atoms with E-state index in [2.05, 4.69) is 9.57 Å². The number of ether oxygens (including phenoxy) is 1. The van der Waals surface area contributed by atoms with Crippen LogP contribution in [0.25, 0.3) is 0 Å². The number of hydrogen-bond acceptors (Lipinski definition) is 5. The first-order valence-electron chi connectivity index (χ1n) is 4.17. The average Bonchev–Trinajstić information content (AvgIpc) is 2.48. The summed E-state index contributed by atoms with van der Waals surface area (Å²) in [6.45, 7) is 0.